The number of amides is 1. The summed E-state index contributed by atoms with van der Waals surface area (Å²) in [5.74, 6) is 0.381. The lowest BCUT2D eigenvalue weighted by molar-refractivity contribution is -0.120. The maximum absolute atomic E-state index is 12.2. The van der Waals surface area contributed by atoms with Crippen LogP contribution in [0.1, 0.15) is 29.7 Å². The van der Waals surface area contributed by atoms with Crippen LogP contribution in [-0.4, -0.2) is 30.5 Å². The monoisotopic (exact) mass is 326 g/mol. The quantitative estimate of drug-likeness (QED) is 0.712. The fraction of sp³-hybridized carbons (Fsp3) is 0.312. The lowest BCUT2D eigenvalue weighted by Crippen LogP contribution is -2.29. The summed E-state index contributed by atoms with van der Waals surface area (Å²) in [6, 6.07) is 5.55. The number of rotatable bonds is 5. The van der Waals surface area contributed by atoms with Crippen molar-refractivity contribution < 1.29 is 4.79 Å². The van der Waals surface area contributed by atoms with Crippen molar-refractivity contribution in [1.82, 2.24) is 29.9 Å². The molecule has 0 aromatic carbocycles. The first-order chi connectivity index (χ1) is 11.6. The van der Waals surface area contributed by atoms with Crippen LogP contribution in [0.2, 0.25) is 0 Å². The molecule has 0 atom stereocenters. The third-order valence-electron chi connectivity index (χ3n) is 3.79. The first kappa shape index (κ1) is 15.9. The molecule has 0 aliphatic carbocycles. The van der Waals surface area contributed by atoms with Gasteiger partial charge in [-0.2, -0.15) is 5.10 Å². The summed E-state index contributed by atoms with van der Waals surface area (Å²) < 4.78 is 1.66. The molecule has 0 aliphatic heterocycles. The molecule has 124 valence electrons. The van der Waals surface area contributed by atoms with E-state index in [-0.39, 0.29) is 17.9 Å². The maximum atomic E-state index is 12.2. The number of aromatic nitrogens is 5. The predicted octanol–water partition coefficient (Wildman–Crippen LogP) is 0.542. The maximum Gasteiger partial charge on any atom is 0.254 e. The number of fused-ring (bicyclic) bond motifs is 1. The standard InChI is InChI=1S/C16H18N6O2/c1-3-13-20-10(2)12(16(24)21-13)7-15(23)17-8-11-5-4-6-14-18-9-19-22(11)14/h4-6,9H,3,7-8H2,1-2H3,(H,17,23)(H,20,21,24). The van der Waals surface area contributed by atoms with E-state index in [1.165, 1.54) is 6.33 Å². The van der Waals surface area contributed by atoms with Crippen molar-refractivity contribution in [3.05, 3.63) is 57.7 Å². The summed E-state index contributed by atoms with van der Waals surface area (Å²) in [6.45, 7) is 3.96. The van der Waals surface area contributed by atoms with Gasteiger partial charge in [-0.15, -0.1) is 0 Å². The SMILES string of the molecule is CCc1nc(C)c(CC(=O)NCc2cccc3ncnn23)c(=O)[nH]1. The van der Waals surface area contributed by atoms with E-state index < -0.39 is 0 Å². The molecule has 0 fully saturated rings. The molecule has 8 heteroatoms. The zero-order valence-corrected chi connectivity index (χ0v) is 13.5. The normalized spacial score (nSPS) is 10.9. The van der Waals surface area contributed by atoms with Crippen molar-refractivity contribution in [2.45, 2.75) is 33.2 Å². The number of carbonyl (C=O) groups excluding carboxylic acids is 1. The van der Waals surface area contributed by atoms with Crippen LogP contribution < -0.4 is 10.9 Å². The molecule has 3 rings (SSSR count). The molecule has 0 radical (unpaired) electrons. The Morgan fingerprint density at radius 1 is 1.38 bits per heavy atom. The van der Waals surface area contributed by atoms with E-state index in [2.05, 4.69) is 25.4 Å². The molecule has 8 nitrogen and oxygen atoms in total. The van der Waals surface area contributed by atoms with Crippen LogP contribution in [0.3, 0.4) is 0 Å². The number of H-pyrrole nitrogens is 1. The molecule has 2 N–H and O–H groups in total. The van der Waals surface area contributed by atoms with E-state index in [0.717, 1.165) is 5.69 Å². The molecule has 3 heterocycles. The smallest absolute Gasteiger partial charge is 0.254 e. The molecule has 1 amide bonds. The van der Waals surface area contributed by atoms with Gasteiger partial charge in [-0.05, 0) is 19.1 Å². The average Bonchev–Trinajstić information content (AvgIpc) is 3.05. The number of nitrogens with one attached hydrogen (secondary N) is 2. The Hall–Kier alpha value is -3.03. The second kappa shape index (κ2) is 6.61. The van der Waals surface area contributed by atoms with Gasteiger partial charge in [-0.1, -0.05) is 13.0 Å². The lowest BCUT2D eigenvalue weighted by atomic mass is 10.1. The molecule has 3 aromatic rings. The van der Waals surface area contributed by atoms with Crippen LogP contribution in [0, 0.1) is 6.92 Å². The van der Waals surface area contributed by atoms with E-state index in [0.29, 0.717) is 35.7 Å². The molecule has 0 saturated carbocycles. The van der Waals surface area contributed by atoms with Gasteiger partial charge in [0.05, 0.1) is 18.7 Å². The summed E-state index contributed by atoms with van der Waals surface area (Å²) in [4.78, 5) is 35.3. The zero-order valence-electron chi connectivity index (χ0n) is 13.5. The summed E-state index contributed by atoms with van der Waals surface area (Å²) in [7, 11) is 0. The van der Waals surface area contributed by atoms with E-state index in [1.807, 2.05) is 25.1 Å². The van der Waals surface area contributed by atoms with Crippen LogP contribution in [0.15, 0.2) is 29.3 Å². The highest BCUT2D eigenvalue weighted by molar-refractivity contribution is 5.78. The lowest BCUT2D eigenvalue weighted by Gasteiger charge is -2.08. The second-order valence-corrected chi connectivity index (χ2v) is 5.43. The molecule has 0 bridgehead atoms. The van der Waals surface area contributed by atoms with Gasteiger partial charge in [0, 0.05) is 17.7 Å². The average molecular weight is 326 g/mol. The number of hydrogen-bond acceptors (Lipinski definition) is 5. The minimum Gasteiger partial charge on any atom is -0.350 e. The van der Waals surface area contributed by atoms with Gasteiger partial charge in [0.1, 0.15) is 12.2 Å². The van der Waals surface area contributed by atoms with Gasteiger partial charge in [0.25, 0.3) is 5.56 Å². The van der Waals surface area contributed by atoms with Crippen LogP contribution in [-0.2, 0) is 24.2 Å². The van der Waals surface area contributed by atoms with E-state index in [4.69, 9.17) is 0 Å². The Morgan fingerprint density at radius 2 is 2.21 bits per heavy atom. The van der Waals surface area contributed by atoms with Crippen LogP contribution in [0.4, 0.5) is 0 Å². The van der Waals surface area contributed by atoms with Crippen LogP contribution in [0.25, 0.3) is 5.65 Å². The number of carbonyl (C=O) groups is 1. The molecular formula is C16H18N6O2. The summed E-state index contributed by atoms with van der Waals surface area (Å²) in [5, 5.41) is 6.92. The third-order valence-corrected chi connectivity index (χ3v) is 3.79. The Bertz CT molecular complexity index is 943. The molecule has 0 saturated heterocycles. The van der Waals surface area contributed by atoms with Crippen molar-refractivity contribution >= 4 is 11.6 Å². The van der Waals surface area contributed by atoms with Crippen molar-refractivity contribution in [2.75, 3.05) is 0 Å². The summed E-state index contributed by atoms with van der Waals surface area (Å²) >= 11 is 0. The first-order valence-electron chi connectivity index (χ1n) is 7.71. The molecule has 24 heavy (non-hydrogen) atoms. The highest BCUT2D eigenvalue weighted by atomic mass is 16.2. The first-order valence-corrected chi connectivity index (χ1v) is 7.71. The molecule has 0 aliphatic rings. The third kappa shape index (κ3) is 3.17. The Kier molecular flexibility index (Phi) is 4.37. The van der Waals surface area contributed by atoms with Crippen molar-refractivity contribution in [2.24, 2.45) is 0 Å². The van der Waals surface area contributed by atoms with Crippen molar-refractivity contribution in [3.63, 3.8) is 0 Å². The van der Waals surface area contributed by atoms with Crippen LogP contribution >= 0.6 is 0 Å². The fourth-order valence-corrected chi connectivity index (χ4v) is 2.49. The number of aromatic amines is 1. The van der Waals surface area contributed by atoms with Gasteiger partial charge < -0.3 is 10.3 Å². The topological polar surface area (TPSA) is 105 Å². The van der Waals surface area contributed by atoms with Crippen molar-refractivity contribution in [3.8, 4) is 0 Å². The molecular weight excluding hydrogens is 308 g/mol. The Balaban J connectivity index is 1.70. The molecule has 0 unspecified atom stereocenters. The van der Waals surface area contributed by atoms with E-state index >= 15 is 0 Å². The number of aryl methyl sites for hydroxylation is 2. The fourth-order valence-electron chi connectivity index (χ4n) is 2.49. The zero-order chi connectivity index (χ0) is 17.1. The van der Waals surface area contributed by atoms with Gasteiger partial charge in [0.2, 0.25) is 5.91 Å². The summed E-state index contributed by atoms with van der Waals surface area (Å²) in [5.41, 5.74) is 2.25. The predicted molar refractivity (Wildman–Crippen MR) is 87.5 cm³/mol. The minimum atomic E-state index is -0.257. The van der Waals surface area contributed by atoms with Gasteiger partial charge in [-0.3, -0.25) is 9.59 Å². The van der Waals surface area contributed by atoms with Gasteiger partial charge in [0.15, 0.2) is 5.65 Å². The Morgan fingerprint density at radius 3 is 2.96 bits per heavy atom. The Labute approximate surface area is 138 Å². The largest absolute Gasteiger partial charge is 0.350 e. The van der Waals surface area contributed by atoms with E-state index in [9.17, 15) is 9.59 Å². The minimum absolute atomic E-state index is 0.00844. The number of hydrogen-bond donors (Lipinski definition) is 2. The summed E-state index contributed by atoms with van der Waals surface area (Å²) in [6.07, 6.45) is 2.10. The van der Waals surface area contributed by atoms with Gasteiger partial charge >= 0.3 is 0 Å². The van der Waals surface area contributed by atoms with Crippen molar-refractivity contribution in [1.29, 1.82) is 0 Å². The molecule has 3 aromatic heterocycles. The number of pyridine rings is 1. The second-order valence-electron chi connectivity index (χ2n) is 5.43. The van der Waals surface area contributed by atoms with E-state index in [1.54, 1.807) is 11.4 Å². The highest BCUT2D eigenvalue weighted by Crippen LogP contribution is 2.04. The molecule has 0 spiro atoms. The van der Waals surface area contributed by atoms with Gasteiger partial charge in [-0.25, -0.2) is 14.5 Å². The van der Waals surface area contributed by atoms with Crippen LogP contribution in [0.5, 0.6) is 0 Å². The highest BCUT2D eigenvalue weighted by Gasteiger charge is 2.12. The number of nitrogens with zero attached hydrogens (tertiary/aromatic N) is 4.